The van der Waals surface area contributed by atoms with Gasteiger partial charge in [0.05, 0.1) is 7.11 Å². The summed E-state index contributed by atoms with van der Waals surface area (Å²) in [6.07, 6.45) is 0. The number of ether oxygens (including phenoxy) is 1. The average Bonchev–Trinajstić information content (AvgIpc) is 2.15. The van der Waals surface area contributed by atoms with Gasteiger partial charge in [-0.3, -0.25) is 4.79 Å². The van der Waals surface area contributed by atoms with Crippen molar-refractivity contribution in [2.45, 2.75) is 13.0 Å². The minimum absolute atomic E-state index is 0.411. The van der Waals surface area contributed by atoms with Crippen molar-refractivity contribution >= 4 is 5.97 Å². The quantitative estimate of drug-likeness (QED) is 0.693. The highest BCUT2D eigenvalue weighted by molar-refractivity contribution is 5.77. The fraction of sp³-hybridized carbons (Fsp3) is 0.300. The molecule has 0 unspecified atom stereocenters. The van der Waals surface area contributed by atoms with E-state index in [0.717, 1.165) is 11.1 Å². The Morgan fingerprint density at radius 3 is 2.77 bits per heavy atom. The molecule has 0 amide bonds. The van der Waals surface area contributed by atoms with Crippen LogP contribution in [0.5, 0.6) is 0 Å². The standard InChI is InChI=1S/C10H13NO2/c1-7-4-3-5-8(6-7)9(11)10(12)13-2/h3-6,9H,11H2,1-2H3/t9-/m0/s1. The Morgan fingerprint density at radius 2 is 2.23 bits per heavy atom. The number of benzene rings is 1. The smallest absolute Gasteiger partial charge is 0.327 e. The van der Waals surface area contributed by atoms with Crippen molar-refractivity contribution in [1.29, 1.82) is 0 Å². The molecule has 0 aromatic heterocycles. The van der Waals surface area contributed by atoms with E-state index in [1.807, 2.05) is 31.2 Å². The Morgan fingerprint density at radius 1 is 1.54 bits per heavy atom. The second-order valence-corrected chi connectivity index (χ2v) is 2.91. The molecule has 1 atom stereocenters. The third-order valence-corrected chi connectivity index (χ3v) is 1.86. The molecule has 13 heavy (non-hydrogen) atoms. The van der Waals surface area contributed by atoms with Crippen molar-refractivity contribution in [2.75, 3.05) is 7.11 Å². The van der Waals surface area contributed by atoms with E-state index in [0.29, 0.717) is 0 Å². The Labute approximate surface area is 77.5 Å². The molecule has 0 fully saturated rings. The predicted octanol–water partition coefficient (Wildman–Crippen LogP) is 1.17. The summed E-state index contributed by atoms with van der Waals surface area (Å²) >= 11 is 0. The lowest BCUT2D eigenvalue weighted by Crippen LogP contribution is -2.22. The molecule has 70 valence electrons. The summed E-state index contributed by atoms with van der Waals surface area (Å²) in [5, 5.41) is 0. The SMILES string of the molecule is COC(=O)[C@@H](N)c1cccc(C)c1. The van der Waals surface area contributed by atoms with E-state index in [-0.39, 0.29) is 0 Å². The highest BCUT2D eigenvalue weighted by Gasteiger charge is 2.15. The van der Waals surface area contributed by atoms with E-state index >= 15 is 0 Å². The Balaban J connectivity index is 2.88. The van der Waals surface area contributed by atoms with Gasteiger partial charge >= 0.3 is 5.97 Å². The average molecular weight is 179 g/mol. The van der Waals surface area contributed by atoms with Crippen LogP contribution in [-0.2, 0) is 9.53 Å². The largest absolute Gasteiger partial charge is 0.468 e. The summed E-state index contributed by atoms with van der Waals surface area (Å²) in [5.74, 6) is -0.411. The van der Waals surface area contributed by atoms with Gasteiger partial charge in [0, 0.05) is 0 Å². The zero-order chi connectivity index (χ0) is 9.84. The molecule has 3 nitrogen and oxygen atoms in total. The zero-order valence-corrected chi connectivity index (χ0v) is 7.78. The summed E-state index contributed by atoms with van der Waals surface area (Å²) in [4.78, 5) is 11.1. The summed E-state index contributed by atoms with van der Waals surface area (Å²) in [6.45, 7) is 1.95. The van der Waals surface area contributed by atoms with Gasteiger partial charge in [-0.1, -0.05) is 29.8 Å². The first-order valence-corrected chi connectivity index (χ1v) is 4.05. The van der Waals surface area contributed by atoms with Crippen LogP contribution in [0.15, 0.2) is 24.3 Å². The van der Waals surface area contributed by atoms with Crippen LogP contribution in [0.2, 0.25) is 0 Å². The monoisotopic (exact) mass is 179 g/mol. The van der Waals surface area contributed by atoms with Gasteiger partial charge in [-0.05, 0) is 12.5 Å². The van der Waals surface area contributed by atoms with Crippen molar-refractivity contribution in [1.82, 2.24) is 0 Å². The molecular formula is C10H13NO2. The van der Waals surface area contributed by atoms with Crippen LogP contribution < -0.4 is 5.73 Å². The number of carbonyl (C=O) groups is 1. The number of rotatable bonds is 2. The van der Waals surface area contributed by atoms with E-state index in [4.69, 9.17) is 5.73 Å². The van der Waals surface area contributed by atoms with Gasteiger partial charge in [0.15, 0.2) is 0 Å². The maximum atomic E-state index is 11.1. The molecule has 0 aliphatic heterocycles. The molecule has 0 heterocycles. The summed E-state index contributed by atoms with van der Waals surface area (Å²) < 4.78 is 4.54. The molecule has 0 saturated carbocycles. The maximum Gasteiger partial charge on any atom is 0.327 e. The lowest BCUT2D eigenvalue weighted by atomic mass is 10.1. The molecule has 0 spiro atoms. The number of methoxy groups -OCH3 is 1. The number of aryl methyl sites for hydroxylation is 1. The normalized spacial score (nSPS) is 12.2. The summed E-state index contributed by atoms with van der Waals surface area (Å²) in [7, 11) is 1.33. The van der Waals surface area contributed by atoms with Crippen molar-refractivity contribution in [3.8, 4) is 0 Å². The molecule has 0 aliphatic rings. The highest BCUT2D eigenvalue weighted by atomic mass is 16.5. The van der Waals surface area contributed by atoms with E-state index in [9.17, 15) is 4.79 Å². The van der Waals surface area contributed by atoms with Crippen LogP contribution in [0.25, 0.3) is 0 Å². The van der Waals surface area contributed by atoms with Crippen molar-refractivity contribution in [3.63, 3.8) is 0 Å². The van der Waals surface area contributed by atoms with Crippen molar-refractivity contribution in [3.05, 3.63) is 35.4 Å². The van der Waals surface area contributed by atoms with Crippen LogP contribution in [0.3, 0.4) is 0 Å². The molecule has 0 aliphatic carbocycles. The molecule has 1 aromatic carbocycles. The van der Waals surface area contributed by atoms with E-state index < -0.39 is 12.0 Å². The molecule has 3 heteroatoms. The van der Waals surface area contributed by atoms with Crippen LogP contribution in [0, 0.1) is 6.92 Å². The third-order valence-electron chi connectivity index (χ3n) is 1.86. The van der Waals surface area contributed by atoms with Gasteiger partial charge in [0.2, 0.25) is 0 Å². The van der Waals surface area contributed by atoms with Gasteiger partial charge in [-0.15, -0.1) is 0 Å². The number of esters is 1. The Bertz CT molecular complexity index is 310. The third kappa shape index (κ3) is 2.29. The highest BCUT2D eigenvalue weighted by Crippen LogP contribution is 2.12. The van der Waals surface area contributed by atoms with Gasteiger partial charge in [-0.2, -0.15) is 0 Å². The fourth-order valence-electron chi connectivity index (χ4n) is 1.13. The summed E-state index contributed by atoms with van der Waals surface area (Å²) in [5.41, 5.74) is 7.51. The first-order valence-electron chi connectivity index (χ1n) is 4.05. The molecule has 0 saturated heterocycles. The topological polar surface area (TPSA) is 52.3 Å². The molecule has 0 bridgehead atoms. The van der Waals surface area contributed by atoms with Crippen LogP contribution in [0.1, 0.15) is 17.2 Å². The van der Waals surface area contributed by atoms with Crippen LogP contribution in [-0.4, -0.2) is 13.1 Å². The Kier molecular flexibility index (Phi) is 3.03. The van der Waals surface area contributed by atoms with Crippen molar-refractivity contribution < 1.29 is 9.53 Å². The maximum absolute atomic E-state index is 11.1. The lowest BCUT2D eigenvalue weighted by molar-refractivity contribution is -0.142. The van der Waals surface area contributed by atoms with E-state index in [2.05, 4.69) is 4.74 Å². The van der Waals surface area contributed by atoms with Crippen LogP contribution >= 0.6 is 0 Å². The molecule has 0 radical (unpaired) electrons. The Hall–Kier alpha value is -1.35. The van der Waals surface area contributed by atoms with Gasteiger partial charge in [0.25, 0.3) is 0 Å². The molecule has 2 N–H and O–H groups in total. The van der Waals surface area contributed by atoms with Gasteiger partial charge in [-0.25, -0.2) is 0 Å². The number of hydrogen-bond donors (Lipinski definition) is 1. The first-order chi connectivity index (χ1) is 6.15. The van der Waals surface area contributed by atoms with E-state index in [1.165, 1.54) is 7.11 Å². The second kappa shape index (κ2) is 4.05. The lowest BCUT2D eigenvalue weighted by Gasteiger charge is -2.09. The fourth-order valence-corrected chi connectivity index (χ4v) is 1.13. The van der Waals surface area contributed by atoms with E-state index in [1.54, 1.807) is 0 Å². The zero-order valence-electron chi connectivity index (χ0n) is 7.78. The predicted molar refractivity (Wildman–Crippen MR) is 50.1 cm³/mol. The van der Waals surface area contributed by atoms with Crippen LogP contribution in [0.4, 0.5) is 0 Å². The van der Waals surface area contributed by atoms with Crippen molar-refractivity contribution in [2.24, 2.45) is 5.73 Å². The minimum atomic E-state index is -0.676. The minimum Gasteiger partial charge on any atom is -0.468 e. The van der Waals surface area contributed by atoms with Gasteiger partial charge in [0.1, 0.15) is 6.04 Å². The van der Waals surface area contributed by atoms with Gasteiger partial charge < -0.3 is 10.5 Å². The number of nitrogens with two attached hydrogens (primary N) is 1. The molecular weight excluding hydrogens is 166 g/mol. The second-order valence-electron chi connectivity index (χ2n) is 2.91. The molecule has 1 aromatic rings. The first kappa shape index (κ1) is 9.74. The number of carbonyl (C=O) groups excluding carboxylic acids is 1. The molecule has 1 rings (SSSR count). The summed E-state index contributed by atoms with van der Waals surface area (Å²) in [6, 6.07) is 6.84. The number of hydrogen-bond acceptors (Lipinski definition) is 3.